The summed E-state index contributed by atoms with van der Waals surface area (Å²) in [6, 6.07) is 0. The number of aliphatic hydroxyl groups is 1. The van der Waals surface area contributed by atoms with Gasteiger partial charge in [-0.1, -0.05) is 267 Å². The molecule has 3 N–H and O–H groups in total. The van der Waals surface area contributed by atoms with Crippen LogP contribution in [0.25, 0.3) is 0 Å². The van der Waals surface area contributed by atoms with Crippen LogP contribution in [-0.4, -0.2) is 96.7 Å². The summed E-state index contributed by atoms with van der Waals surface area (Å²) in [5.41, 5.74) is 0. The quantitative estimate of drug-likeness (QED) is 0.0169. The molecule has 0 amide bonds. The molecule has 0 fully saturated rings. The van der Waals surface area contributed by atoms with Crippen molar-refractivity contribution in [3.63, 3.8) is 0 Å². The highest BCUT2D eigenvalue weighted by atomic mass is 31.2. The second kappa shape index (κ2) is 73.5. The number of allylic oxidation sites excluding steroid dienone is 14. The molecule has 0 spiro atoms. The molecule has 0 radical (unpaired) electrons. The van der Waals surface area contributed by atoms with Crippen LogP contribution in [-0.2, 0) is 65.4 Å². The van der Waals surface area contributed by atoms with Gasteiger partial charge in [0.1, 0.15) is 19.3 Å². The molecule has 0 aromatic carbocycles. The number of carbonyl (C=O) groups is 4. The highest BCUT2D eigenvalue weighted by Crippen LogP contribution is 2.45. The molecule has 0 saturated heterocycles. The lowest BCUT2D eigenvalue weighted by molar-refractivity contribution is -0.161. The van der Waals surface area contributed by atoms with E-state index in [0.29, 0.717) is 32.1 Å². The van der Waals surface area contributed by atoms with Crippen molar-refractivity contribution in [3.05, 3.63) is 85.1 Å². The SMILES string of the molecule is CCCCC/C=C\C/C=C\C/C=C\C/C=C\CCCC(=O)OC[C@H](COP(=O)(O)OC[C@@H](O)COP(=O)(O)OC[C@@H](COC(=O)CCCCCCCCC/C=C\CCCCCC)OC(=O)CCCCCCC/C=C\CCCCCCCC)OC(=O)CCCCCCC/C=C\CCCCCC. The maximum Gasteiger partial charge on any atom is 0.472 e. The van der Waals surface area contributed by atoms with Gasteiger partial charge in [-0.15, -0.1) is 0 Å². The van der Waals surface area contributed by atoms with Gasteiger partial charge in [0.25, 0.3) is 0 Å². The molecule has 100 heavy (non-hydrogen) atoms. The Morgan fingerprint density at radius 3 is 0.830 bits per heavy atom. The van der Waals surface area contributed by atoms with Crippen LogP contribution in [0.3, 0.4) is 0 Å². The van der Waals surface area contributed by atoms with Gasteiger partial charge in [0.15, 0.2) is 12.2 Å². The molecule has 0 aliphatic rings. The Bertz CT molecular complexity index is 2230. The molecule has 0 rings (SSSR count). The topological polar surface area (TPSA) is 237 Å². The molecular formula is C81H144O17P2. The minimum Gasteiger partial charge on any atom is -0.462 e. The van der Waals surface area contributed by atoms with Gasteiger partial charge in [-0.25, -0.2) is 9.13 Å². The molecule has 17 nitrogen and oxygen atoms in total. The zero-order valence-corrected chi connectivity index (χ0v) is 65.2. The van der Waals surface area contributed by atoms with E-state index in [1.807, 2.05) is 12.2 Å². The lowest BCUT2D eigenvalue weighted by Gasteiger charge is -2.21. The minimum atomic E-state index is -4.99. The third-order valence-electron chi connectivity index (χ3n) is 16.8. The first-order chi connectivity index (χ1) is 48.7. The molecule has 0 aliphatic heterocycles. The monoisotopic (exact) mass is 1450 g/mol. The molecule has 0 heterocycles. The average molecular weight is 1450 g/mol. The van der Waals surface area contributed by atoms with Crippen LogP contribution in [0.5, 0.6) is 0 Å². The Labute approximate surface area is 608 Å². The van der Waals surface area contributed by atoms with Crippen molar-refractivity contribution in [2.24, 2.45) is 0 Å². The maximum absolute atomic E-state index is 13.1. The summed E-state index contributed by atoms with van der Waals surface area (Å²) >= 11 is 0. The van der Waals surface area contributed by atoms with Crippen LogP contribution in [0.2, 0.25) is 0 Å². The fourth-order valence-electron chi connectivity index (χ4n) is 10.7. The van der Waals surface area contributed by atoms with E-state index < -0.39 is 97.5 Å². The smallest absolute Gasteiger partial charge is 0.462 e. The number of aliphatic hydroxyl groups excluding tert-OH is 1. The van der Waals surface area contributed by atoms with E-state index in [2.05, 4.69) is 101 Å². The molecule has 0 aromatic rings. The second-order valence-corrected chi connectivity index (χ2v) is 29.5. The number of hydrogen-bond donors (Lipinski definition) is 3. The Morgan fingerprint density at radius 1 is 0.280 bits per heavy atom. The first-order valence-corrected chi connectivity index (χ1v) is 42.8. The van der Waals surface area contributed by atoms with Crippen molar-refractivity contribution in [2.45, 2.75) is 367 Å². The summed E-state index contributed by atoms with van der Waals surface area (Å²) in [5, 5.41) is 10.6. The summed E-state index contributed by atoms with van der Waals surface area (Å²) in [6.45, 7) is 4.77. The minimum absolute atomic E-state index is 0.0744. The number of unbranched alkanes of at least 4 members (excludes halogenated alkanes) is 35. The van der Waals surface area contributed by atoms with Crippen LogP contribution in [0, 0.1) is 0 Å². The second-order valence-electron chi connectivity index (χ2n) is 26.6. The van der Waals surface area contributed by atoms with Gasteiger partial charge in [-0.05, 0) is 141 Å². The summed E-state index contributed by atoms with van der Waals surface area (Å²) in [5.74, 6) is -2.24. The van der Waals surface area contributed by atoms with Crippen molar-refractivity contribution in [3.8, 4) is 0 Å². The van der Waals surface area contributed by atoms with Crippen LogP contribution in [0.15, 0.2) is 85.1 Å². The lowest BCUT2D eigenvalue weighted by Crippen LogP contribution is -2.30. The molecule has 2 unspecified atom stereocenters. The summed E-state index contributed by atoms with van der Waals surface area (Å²) < 4.78 is 68.5. The lowest BCUT2D eigenvalue weighted by atomic mass is 10.1. The molecule has 0 aromatic heterocycles. The Hall–Kier alpha value is -3.76. The molecule has 0 aliphatic carbocycles. The first kappa shape index (κ1) is 96.2. The molecule has 0 bridgehead atoms. The van der Waals surface area contributed by atoms with Crippen LogP contribution in [0.4, 0.5) is 0 Å². The van der Waals surface area contributed by atoms with E-state index in [0.717, 1.165) is 141 Å². The first-order valence-electron chi connectivity index (χ1n) is 39.8. The molecule has 19 heteroatoms. The van der Waals surface area contributed by atoms with Crippen LogP contribution < -0.4 is 0 Å². The predicted octanol–water partition coefficient (Wildman–Crippen LogP) is 23.0. The van der Waals surface area contributed by atoms with Gasteiger partial charge in [0, 0.05) is 25.7 Å². The van der Waals surface area contributed by atoms with Gasteiger partial charge in [-0.3, -0.25) is 37.3 Å². The average Bonchev–Trinajstić information content (AvgIpc) is 0.965. The Balaban J connectivity index is 5.39. The largest absolute Gasteiger partial charge is 0.472 e. The Morgan fingerprint density at radius 2 is 0.500 bits per heavy atom. The number of ether oxygens (including phenoxy) is 4. The zero-order valence-electron chi connectivity index (χ0n) is 63.4. The van der Waals surface area contributed by atoms with Crippen LogP contribution in [0.1, 0.15) is 349 Å². The third-order valence-corrected chi connectivity index (χ3v) is 18.7. The standard InChI is InChI=1S/C81H144O17P2/c1-5-9-13-17-21-25-29-33-36-37-40-43-46-50-54-58-62-66-79(84)92-71-76(97-80(85)67-63-59-55-51-47-41-32-28-24-20-16-12-8-4)73-95-99(87,88)93-69-75(82)70-94-100(89,90)96-74-77(98-81(86)68-64-60-56-52-48-44-39-35-31-27-23-19-15-11-7-3)72-91-78(83)65-61-57-53-49-45-42-38-34-30-26-22-18-14-10-6-2/h21,25-26,28,30,32-33,35-36,39-40,43,50,54,75-77,82H,5-20,22-24,27,29,31,34,37-38,41-42,44-49,51-53,55-74H2,1-4H3,(H,87,88)(H,89,90)/b25-21-,30-26-,32-28-,36-33-,39-35-,43-40-,54-50-/t75-,76-,77-/m1/s1. The predicted molar refractivity (Wildman–Crippen MR) is 409 cm³/mol. The number of phosphoric acid groups is 2. The van der Waals surface area contributed by atoms with E-state index in [9.17, 15) is 43.2 Å². The van der Waals surface area contributed by atoms with E-state index in [1.165, 1.54) is 122 Å². The zero-order chi connectivity index (χ0) is 73.2. The fourth-order valence-corrected chi connectivity index (χ4v) is 12.2. The van der Waals surface area contributed by atoms with Crippen molar-refractivity contribution in [1.82, 2.24) is 0 Å². The number of rotatable bonds is 75. The number of esters is 4. The Kier molecular flexibility index (Phi) is 70.8. The van der Waals surface area contributed by atoms with Gasteiger partial charge in [0.05, 0.1) is 26.4 Å². The van der Waals surface area contributed by atoms with E-state index in [-0.39, 0.29) is 25.7 Å². The van der Waals surface area contributed by atoms with Crippen LogP contribution >= 0.6 is 15.6 Å². The van der Waals surface area contributed by atoms with Crippen molar-refractivity contribution in [2.75, 3.05) is 39.6 Å². The number of hydrogen-bond acceptors (Lipinski definition) is 15. The fraction of sp³-hybridized carbons (Fsp3) is 0.778. The van der Waals surface area contributed by atoms with Gasteiger partial charge >= 0.3 is 39.5 Å². The van der Waals surface area contributed by atoms with Crippen molar-refractivity contribution >= 4 is 39.5 Å². The van der Waals surface area contributed by atoms with E-state index in [4.69, 9.17) is 37.0 Å². The summed E-state index contributed by atoms with van der Waals surface area (Å²) in [4.78, 5) is 72.9. The highest BCUT2D eigenvalue weighted by molar-refractivity contribution is 7.47. The van der Waals surface area contributed by atoms with Gasteiger partial charge in [-0.2, -0.15) is 0 Å². The van der Waals surface area contributed by atoms with Gasteiger partial charge < -0.3 is 33.8 Å². The maximum atomic E-state index is 13.1. The van der Waals surface area contributed by atoms with Crippen molar-refractivity contribution < 1.29 is 80.2 Å². The number of phosphoric ester groups is 2. The normalized spacial score (nSPS) is 14.3. The summed E-state index contributed by atoms with van der Waals surface area (Å²) in [7, 11) is -9.96. The van der Waals surface area contributed by atoms with E-state index >= 15 is 0 Å². The van der Waals surface area contributed by atoms with Crippen molar-refractivity contribution in [1.29, 1.82) is 0 Å². The van der Waals surface area contributed by atoms with Gasteiger partial charge in [0.2, 0.25) is 0 Å². The number of carbonyl (C=O) groups excluding carboxylic acids is 4. The van der Waals surface area contributed by atoms with E-state index in [1.54, 1.807) is 0 Å². The highest BCUT2D eigenvalue weighted by Gasteiger charge is 2.30. The third kappa shape index (κ3) is 72.6. The molecule has 0 saturated carbocycles. The molecule has 5 atom stereocenters. The molecular weight excluding hydrogens is 1310 g/mol. The molecule has 580 valence electrons. The summed E-state index contributed by atoms with van der Waals surface area (Å²) in [6.07, 6.45) is 75.7.